The molecule has 1 aromatic heterocycles. The summed E-state index contributed by atoms with van der Waals surface area (Å²) >= 11 is 17.8. The maximum Gasteiger partial charge on any atom is 0.432 e. The molecule has 2 rings (SSSR count). The molecule has 2 atom stereocenters. The third-order valence-electron chi connectivity index (χ3n) is 2.76. The number of halogens is 3. The second-order valence-electron chi connectivity index (χ2n) is 4.45. The highest BCUT2D eigenvalue weighted by Crippen LogP contribution is 2.28. The molecule has 0 bridgehead atoms. The zero-order valence-electron chi connectivity index (χ0n) is 11.5. The Bertz CT molecular complexity index is 596. The van der Waals surface area contributed by atoms with E-state index in [2.05, 4.69) is 20.8 Å². The number of thioether (sulfide) groups is 1. The molecule has 2 heterocycles. The maximum absolute atomic E-state index is 11.7. The quantitative estimate of drug-likeness (QED) is 0.303. The number of hydrogen-bond acceptors (Lipinski definition) is 7. The lowest BCUT2D eigenvalue weighted by atomic mass is 10.0. The van der Waals surface area contributed by atoms with Gasteiger partial charge in [0.15, 0.2) is 6.04 Å². The summed E-state index contributed by atoms with van der Waals surface area (Å²) in [6, 6.07) is -1.54. The Labute approximate surface area is 149 Å². The molecule has 23 heavy (non-hydrogen) atoms. The highest BCUT2D eigenvalue weighted by atomic mass is 35.6. The lowest BCUT2D eigenvalue weighted by Crippen LogP contribution is -2.70. The Balaban J connectivity index is 1.98. The molecule has 2 N–H and O–H groups in total. The molecule has 1 saturated heterocycles. The van der Waals surface area contributed by atoms with Crippen LogP contribution in [0.15, 0.2) is 5.16 Å². The average Bonchev–Trinajstić information content (AvgIpc) is 2.83. The Morgan fingerprint density at radius 1 is 1.57 bits per heavy atom. The van der Waals surface area contributed by atoms with E-state index in [9.17, 15) is 14.7 Å². The van der Waals surface area contributed by atoms with Crippen molar-refractivity contribution in [2.24, 2.45) is 7.05 Å². The number of rotatable bonds is 6. The standard InChI is InChI=1S/C9H11Cl3N6O4S/c1-17-7(14-15-16-17)23-2-4-5(6(19)13-4)18(8(20)21)22-3-9(10,11)12/h4-5H,2-3H2,1H3,(H,13,19)(H,20,21). The molecule has 10 nitrogen and oxygen atoms in total. The van der Waals surface area contributed by atoms with Crippen LogP contribution in [0.3, 0.4) is 0 Å². The molecule has 14 heteroatoms. The first kappa shape index (κ1) is 18.3. The highest BCUT2D eigenvalue weighted by molar-refractivity contribution is 7.99. The van der Waals surface area contributed by atoms with E-state index in [-0.39, 0.29) is 0 Å². The number of nitrogens with zero attached hydrogens (tertiary/aromatic N) is 5. The van der Waals surface area contributed by atoms with Crippen molar-refractivity contribution in [3.05, 3.63) is 0 Å². The molecule has 1 aliphatic rings. The topological polar surface area (TPSA) is 122 Å². The number of amides is 2. The van der Waals surface area contributed by atoms with Gasteiger partial charge in [0.25, 0.3) is 0 Å². The summed E-state index contributed by atoms with van der Waals surface area (Å²) in [4.78, 5) is 27.9. The minimum absolute atomic E-state index is 0.339. The Hall–Kier alpha value is -1.01. The van der Waals surface area contributed by atoms with Crippen molar-refractivity contribution in [3.63, 3.8) is 0 Å². The van der Waals surface area contributed by atoms with E-state index in [4.69, 9.17) is 39.6 Å². The zero-order valence-corrected chi connectivity index (χ0v) is 14.6. The molecule has 128 valence electrons. The van der Waals surface area contributed by atoms with Crippen LogP contribution in [-0.2, 0) is 16.7 Å². The normalized spacial score (nSPS) is 20.8. The van der Waals surface area contributed by atoms with Crippen LogP contribution in [0.2, 0.25) is 0 Å². The van der Waals surface area contributed by atoms with Gasteiger partial charge >= 0.3 is 6.09 Å². The predicted molar refractivity (Wildman–Crippen MR) is 81.3 cm³/mol. The van der Waals surface area contributed by atoms with Gasteiger partial charge in [0.05, 0.1) is 6.04 Å². The van der Waals surface area contributed by atoms with Crippen LogP contribution in [0.4, 0.5) is 4.79 Å². The number of tetrazole rings is 1. The second kappa shape index (κ2) is 7.26. The van der Waals surface area contributed by atoms with E-state index in [0.29, 0.717) is 16.0 Å². The van der Waals surface area contributed by atoms with Gasteiger partial charge in [-0.3, -0.25) is 9.63 Å². The van der Waals surface area contributed by atoms with Gasteiger partial charge in [-0.25, -0.2) is 9.48 Å². The fourth-order valence-corrected chi connectivity index (χ4v) is 2.80. The third-order valence-corrected chi connectivity index (χ3v) is 4.22. The van der Waals surface area contributed by atoms with Crippen molar-refractivity contribution in [1.29, 1.82) is 0 Å². The number of carbonyl (C=O) groups is 2. The second-order valence-corrected chi connectivity index (χ2v) is 7.96. The molecule has 1 aliphatic heterocycles. The molecular weight excluding hydrogens is 395 g/mol. The Morgan fingerprint density at radius 3 is 2.74 bits per heavy atom. The van der Waals surface area contributed by atoms with Crippen LogP contribution >= 0.6 is 46.6 Å². The molecule has 2 unspecified atom stereocenters. The zero-order chi connectivity index (χ0) is 17.2. The first-order valence-corrected chi connectivity index (χ1v) is 8.18. The summed E-state index contributed by atoms with van der Waals surface area (Å²) in [5, 5.41) is 23.7. The van der Waals surface area contributed by atoms with Crippen LogP contribution in [0.1, 0.15) is 0 Å². The van der Waals surface area contributed by atoms with Gasteiger partial charge in [0.1, 0.15) is 6.61 Å². The van der Waals surface area contributed by atoms with Gasteiger partial charge in [-0.05, 0) is 10.4 Å². The number of nitrogens with one attached hydrogen (secondary N) is 1. The molecular formula is C9H11Cl3N6O4S. The minimum atomic E-state index is -1.80. The Morgan fingerprint density at radius 2 is 2.26 bits per heavy atom. The van der Waals surface area contributed by atoms with Crippen molar-refractivity contribution in [1.82, 2.24) is 30.6 Å². The number of aryl methyl sites for hydroxylation is 1. The molecule has 1 fully saturated rings. The summed E-state index contributed by atoms with van der Waals surface area (Å²) in [6.45, 7) is -0.513. The van der Waals surface area contributed by atoms with Crippen molar-refractivity contribution in [2.45, 2.75) is 21.0 Å². The van der Waals surface area contributed by atoms with E-state index in [1.165, 1.54) is 16.4 Å². The van der Waals surface area contributed by atoms with Crippen LogP contribution in [-0.4, -0.2) is 70.6 Å². The van der Waals surface area contributed by atoms with Crippen LogP contribution in [0.25, 0.3) is 0 Å². The summed E-state index contributed by atoms with van der Waals surface area (Å²) < 4.78 is -0.350. The van der Waals surface area contributed by atoms with E-state index in [1.807, 2.05) is 0 Å². The van der Waals surface area contributed by atoms with Crippen LogP contribution < -0.4 is 5.32 Å². The third kappa shape index (κ3) is 4.73. The molecule has 2 amide bonds. The summed E-state index contributed by atoms with van der Waals surface area (Å²) in [6.07, 6.45) is -1.46. The summed E-state index contributed by atoms with van der Waals surface area (Å²) in [5.74, 6) is -0.163. The van der Waals surface area contributed by atoms with Gasteiger partial charge < -0.3 is 10.4 Å². The molecule has 1 aromatic rings. The number of hydrogen-bond donors (Lipinski definition) is 2. The number of aromatic nitrogens is 4. The number of carbonyl (C=O) groups excluding carboxylic acids is 1. The molecule has 0 saturated carbocycles. The van der Waals surface area contributed by atoms with Gasteiger partial charge in [0.2, 0.25) is 14.9 Å². The summed E-state index contributed by atoms with van der Waals surface area (Å²) in [5.41, 5.74) is 0. The van der Waals surface area contributed by atoms with E-state index < -0.39 is 34.5 Å². The lowest BCUT2D eigenvalue weighted by Gasteiger charge is -2.41. The van der Waals surface area contributed by atoms with Crippen LogP contribution in [0.5, 0.6) is 0 Å². The van der Waals surface area contributed by atoms with Gasteiger partial charge in [-0.1, -0.05) is 46.6 Å². The first-order chi connectivity index (χ1) is 10.7. The van der Waals surface area contributed by atoms with Gasteiger partial charge in [0, 0.05) is 12.8 Å². The van der Waals surface area contributed by atoms with E-state index in [1.54, 1.807) is 7.05 Å². The molecule has 0 aliphatic carbocycles. The van der Waals surface area contributed by atoms with Gasteiger partial charge in [-0.15, -0.1) is 5.10 Å². The number of hydroxylamine groups is 2. The minimum Gasteiger partial charge on any atom is -0.463 e. The van der Waals surface area contributed by atoms with Gasteiger partial charge in [-0.2, -0.15) is 5.06 Å². The van der Waals surface area contributed by atoms with E-state index >= 15 is 0 Å². The van der Waals surface area contributed by atoms with Crippen molar-refractivity contribution in [2.75, 3.05) is 12.4 Å². The molecule has 0 aromatic carbocycles. The van der Waals surface area contributed by atoms with Crippen LogP contribution in [0, 0.1) is 0 Å². The fraction of sp³-hybridized carbons (Fsp3) is 0.667. The monoisotopic (exact) mass is 404 g/mol. The van der Waals surface area contributed by atoms with E-state index in [0.717, 1.165) is 0 Å². The lowest BCUT2D eigenvalue weighted by molar-refractivity contribution is -0.185. The maximum atomic E-state index is 11.7. The Kier molecular flexibility index (Phi) is 5.79. The van der Waals surface area contributed by atoms with Crippen molar-refractivity contribution >= 4 is 58.6 Å². The largest absolute Gasteiger partial charge is 0.463 e. The molecule has 0 spiro atoms. The number of alkyl halides is 3. The number of carboxylic acid groups (broad SMARTS) is 1. The van der Waals surface area contributed by atoms with Crippen molar-refractivity contribution in [3.8, 4) is 0 Å². The fourth-order valence-electron chi connectivity index (χ4n) is 1.74. The number of β-lactam (4-membered cyclic amide) rings is 1. The van der Waals surface area contributed by atoms with Crippen molar-refractivity contribution < 1.29 is 19.5 Å². The summed E-state index contributed by atoms with van der Waals surface area (Å²) in [7, 11) is 1.66. The smallest absolute Gasteiger partial charge is 0.432 e. The predicted octanol–water partition coefficient (Wildman–Crippen LogP) is 0.451. The highest BCUT2D eigenvalue weighted by Gasteiger charge is 2.47. The average molecular weight is 406 g/mol. The first-order valence-electron chi connectivity index (χ1n) is 6.06. The SMILES string of the molecule is Cn1nnnc1SCC1NC(=O)C1N(OCC(Cl)(Cl)Cl)C(=O)O. The molecule has 0 radical (unpaired) electrons.